The largest absolute Gasteiger partial charge is 0.378 e. The number of nitrogens with zero attached hydrogens (tertiary/aromatic N) is 3. The summed E-state index contributed by atoms with van der Waals surface area (Å²) in [5.74, 6) is -0.909. The van der Waals surface area contributed by atoms with E-state index in [0.29, 0.717) is 28.6 Å². The number of benzene rings is 1. The van der Waals surface area contributed by atoms with Crippen molar-refractivity contribution in [2.45, 2.75) is 6.92 Å². The Balaban J connectivity index is 1.46. The van der Waals surface area contributed by atoms with Crippen LogP contribution >= 0.6 is 23.6 Å². The van der Waals surface area contributed by atoms with Gasteiger partial charge in [-0.2, -0.15) is 0 Å². The first-order valence-corrected chi connectivity index (χ1v) is 10.5. The third-order valence-corrected chi connectivity index (χ3v) is 6.10. The second kappa shape index (κ2) is 8.78. The Bertz CT molecular complexity index is 1110. The van der Waals surface area contributed by atoms with Gasteiger partial charge in [-0.15, -0.1) is 0 Å². The van der Waals surface area contributed by atoms with Gasteiger partial charge in [-0.3, -0.25) is 25.0 Å². The summed E-state index contributed by atoms with van der Waals surface area (Å²) in [6.45, 7) is 4.52. The van der Waals surface area contributed by atoms with Crippen molar-refractivity contribution in [3.8, 4) is 5.69 Å². The highest BCUT2D eigenvalue weighted by molar-refractivity contribution is 7.71. The zero-order chi connectivity index (χ0) is 21.1. The number of rotatable bonds is 4. The molecule has 0 atom stereocenters. The van der Waals surface area contributed by atoms with Crippen LogP contribution in [-0.2, 0) is 4.74 Å². The Hall–Kier alpha value is -3.02. The molecule has 2 amide bonds. The highest BCUT2D eigenvalue weighted by Gasteiger charge is 2.21. The molecular formula is C19H20N6O3S2. The van der Waals surface area contributed by atoms with E-state index in [0.717, 1.165) is 23.9 Å². The van der Waals surface area contributed by atoms with Gasteiger partial charge in [0.1, 0.15) is 10.6 Å². The molecule has 3 N–H and O–H groups in total. The molecule has 3 aromatic rings. The Morgan fingerprint density at radius 3 is 2.60 bits per heavy atom. The van der Waals surface area contributed by atoms with Gasteiger partial charge in [0.2, 0.25) is 0 Å². The molecule has 1 saturated heterocycles. The third-order valence-electron chi connectivity index (χ3n) is 4.59. The maximum atomic E-state index is 12.7. The molecule has 2 aromatic heterocycles. The first-order valence-electron chi connectivity index (χ1n) is 9.31. The molecule has 9 nitrogen and oxygen atoms in total. The molecule has 0 bridgehead atoms. The Kier molecular flexibility index (Phi) is 5.93. The number of carbonyl (C=O) groups excluding carboxylic acids is 2. The van der Waals surface area contributed by atoms with Crippen LogP contribution in [0, 0.1) is 11.7 Å². The summed E-state index contributed by atoms with van der Waals surface area (Å²) >= 11 is 6.58. The molecule has 1 aromatic carbocycles. The lowest BCUT2D eigenvalue weighted by molar-refractivity contribution is 0.0844. The SMILES string of the molecule is Cc1nc(N2CCOCC2)sc1C(=O)NNC(=O)c1c[nH]c(=S)n1-c1ccccc1. The van der Waals surface area contributed by atoms with Crippen LogP contribution in [0.15, 0.2) is 36.5 Å². The van der Waals surface area contributed by atoms with E-state index in [1.807, 2.05) is 30.3 Å². The van der Waals surface area contributed by atoms with Crippen molar-refractivity contribution in [1.82, 2.24) is 25.4 Å². The molecule has 0 radical (unpaired) electrons. The minimum atomic E-state index is -0.491. The Labute approximate surface area is 181 Å². The van der Waals surface area contributed by atoms with E-state index in [1.165, 1.54) is 17.5 Å². The quantitative estimate of drug-likeness (QED) is 0.421. The van der Waals surface area contributed by atoms with Gasteiger partial charge in [0.15, 0.2) is 9.90 Å². The zero-order valence-electron chi connectivity index (χ0n) is 16.2. The van der Waals surface area contributed by atoms with Gasteiger partial charge < -0.3 is 14.6 Å². The van der Waals surface area contributed by atoms with E-state index in [2.05, 4.69) is 25.7 Å². The summed E-state index contributed by atoms with van der Waals surface area (Å²) in [4.78, 5) is 35.2. The average Bonchev–Trinajstić information content (AvgIpc) is 3.36. The van der Waals surface area contributed by atoms with Crippen LogP contribution in [0.4, 0.5) is 5.13 Å². The van der Waals surface area contributed by atoms with Crippen LogP contribution in [0.3, 0.4) is 0 Å². The van der Waals surface area contributed by atoms with Crippen molar-refractivity contribution < 1.29 is 14.3 Å². The number of thiazole rings is 1. The molecular weight excluding hydrogens is 424 g/mol. The van der Waals surface area contributed by atoms with Gasteiger partial charge >= 0.3 is 0 Å². The summed E-state index contributed by atoms with van der Waals surface area (Å²) in [7, 11) is 0. The van der Waals surface area contributed by atoms with Crippen LogP contribution in [0.5, 0.6) is 0 Å². The van der Waals surface area contributed by atoms with Gasteiger partial charge in [-0.1, -0.05) is 29.5 Å². The molecule has 0 unspecified atom stereocenters. The van der Waals surface area contributed by atoms with Gasteiger partial charge in [0.05, 0.1) is 18.9 Å². The number of hydrazine groups is 1. The zero-order valence-corrected chi connectivity index (χ0v) is 17.8. The summed E-state index contributed by atoms with van der Waals surface area (Å²) in [6.07, 6.45) is 1.51. The van der Waals surface area contributed by atoms with E-state index in [1.54, 1.807) is 11.5 Å². The number of anilines is 1. The number of aromatic nitrogens is 3. The number of nitrogens with one attached hydrogen (secondary N) is 3. The summed E-state index contributed by atoms with van der Waals surface area (Å²) in [6, 6.07) is 9.26. The van der Waals surface area contributed by atoms with Crippen LogP contribution in [0.25, 0.3) is 5.69 Å². The number of aromatic amines is 1. The molecule has 30 heavy (non-hydrogen) atoms. The molecule has 0 spiro atoms. The fraction of sp³-hybridized carbons (Fsp3) is 0.263. The average molecular weight is 445 g/mol. The number of para-hydroxylation sites is 1. The minimum Gasteiger partial charge on any atom is -0.378 e. The first-order chi connectivity index (χ1) is 14.5. The number of carbonyl (C=O) groups is 2. The number of imidazole rings is 1. The van der Waals surface area contributed by atoms with Crippen molar-refractivity contribution in [2.75, 3.05) is 31.2 Å². The monoisotopic (exact) mass is 444 g/mol. The van der Waals surface area contributed by atoms with Crippen LogP contribution in [-0.4, -0.2) is 52.7 Å². The minimum absolute atomic E-state index is 0.279. The van der Waals surface area contributed by atoms with E-state index in [9.17, 15) is 9.59 Å². The standard InChI is InChI=1S/C19H20N6O3S2/c1-12-15(30-19(21-12)24-7-9-28-10-8-24)17(27)23-22-16(26)14-11-20-18(29)25(14)13-5-3-2-4-6-13/h2-6,11H,7-10H2,1H3,(H,20,29)(H,22,26)(H,23,27). The van der Waals surface area contributed by atoms with Crippen molar-refractivity contribution in [2.24, 2.45) is 0 Å². The van der Waals surface area contributed by atoms with Crippen molar-refractivity contribution in [3.63, 3.8) is 0 Å². The molecule has 1 fully saturated rings. The van der Waals surface area contributed by atoms with E-state index < -0.39 is 11.8 Å². The van der Waals surface area contributed by atoms with Crippen molar-refractivity contribution in [3.05, 3.63) is 57.6 Å². The molecule has 1 aliphatic heterocycles. The predicted molar refractivity (Wildman–Crippen MR) is 116 cm³/mol. The second-order valence-electron chi connectivity index (χ2n) is 6.57. The topological polar surface area (TPSA) is 104 Å². The van der Waals surface area contributed by atoms with Crippen molar-refractivity contribution in [1.29, 1.82) is 0 Å². The lowest BCUT2D eigenvalue weighted by Gasteiger charge is -2.25. The maximum Gasteiger partial charge on any atom is 0.288 e. The fourth-order valence-electron chi connectivity index (χ4n) is 3.09. The summed E-state index contributed by atoms with van der Waals surface area (Å²) in [5.41, 5.74) is 6.56. The molecule has 1 aliphatic rings. The molecule has 0 saturated carbocycles. The molecule has 3 heterocycles. The maximum absolute atomic E-state index is 12.7. The first kappa shape index (κ1) is 20.3. The fourth-order valence-corrected chi connectivity index (χ4v) is 4.36. The number of aryl methyl sites for hydroxylation is 1. The number of morpholine rings is 1. The normalized spacial score (nSPS) is 13.8. The van der Waals surface area contributed by atoms with Gasteiger partial charge in [-0.25, -0.2) is 4.98 Å². The van der Waals surface area contributed by atoms with Crippen LogP contribution in [0.2, 0.25) is 0 Å². The van der Waals surface area contributed by atoms with Crippen LogP contribution in [0.1, 0.15) is 25.9 Å². The van der Waals surface area contributed by atoms with Crippen molar-refractivity contribution >= 4 is 40.5 Å². The van der Waals surface area contributed by atoms with Gasteiger partial charge in [0.25, 0.3) is 11.8 Å². The van der Waals surface area contributed by atoms with E-state index in [-0.39, 0.29) is 5.69 Å². The van der Waals surface area contributed by atoms with E-state index >= 15 is 0 Å². The number of H-pyrrole nitrogens is 1. The second-order valence-corrected chi connectivity index (χ2v) is 7.93. The lowest BCUT2D eigenvalue weighted by atomic mass is 10.3. The van der Waals surface area contributed by atoms with Crippen LogP contribution < -0.4 is 15.8 Å². The van der Waals surface area contributed by atoms with Gasteiger partial charge in [0, 0.05) is 25.0 Å². The summed E-state index contributed by atoms with van der Waals surface area (Å²) in [5, 5.41) is 0.774. The number of amides is 2. The highest BCUT2D eigenvalue weighted by Crippen LogP contribution is 2.26. The molecule has 11 heteroatoms. The Morgan fingerprint density at radius 1 is 1.17 bits per heavy atom. The molecule has 156 valence electrons. The highest BCUT2D eigenvalue weighted by atomic mass is 32.1. The smallest absolute Gasteiger partial charge is 0.288 e. The number of ether oxygens (including phenoxy) is 1. The lowest BCUT2D eigenvalue weighted by Crippen LogP contribution is -2.42. The van der Waals surface area contributed by atoms with Gasteiger partial charge in [-0.05, 0) is 31.3 Å². The number of hydrogen-bond acceptors (Lipinski definition) is 7. The van der Waals surface area contributed by atoms with E-state index in [4.69, 9.17) is 17.0 Å². The molecule has 4 rings (SSSR count). The molecule has 0 aliphatic carbocycles. The third kappa shape index (κ3) is 4.13. The number of hydrogen-bond donors (Lipinski definition) is 3. The predicted octanol–water partition coefficient (Wildman–Crippen LogP) is 2.21. The summed E-state index contributed by atoms with van der Waals surface area (Å²) < 4.78 is 7.34. The Morgan fingerprint density at radius 2 is 1.87 bits per heavy atom.